The fourth-order valence-corrected chi connectivity index (χ4v) is 4.80. The molecule has 0 saturated carbocycles. The molecule has 1 saturated heterocycles. The van der Waals surface area contributed by atoms with E-state index in [4.69, 9.17) is 35.3 Å². The topological polar surface area (TPSA) is 154 Å². The van der Waals surface area contributed by atoms with E-state index in [9.17, 15) is 24.0 Å². The minimum atomic E-state index is -1.32. The summed E-state index contributed by atoms with van der Waals surface area (Å²) in [5.41, 5.74) is 0.986. The second-order valence-corrected chi connectivity index (χ2v) is 9.75. The van der Waals surface area contributed by atoms with Crippen LogP contribution in [0.3, 0.4) is 0 Å². The zero-order chi connectivity index (χ0) is 29.8. The highest BCUT2D eigenvalue weighted by Gasteiger charge is 2.52. The smallest absolute Gasteiger partial charge is 0.350 e. The minimum absolute atomic E-state index is 0.00153. The predicted molar refractivity (Wildman–Crippen MR) is 141 cm³/mol. The Morgan fingerprint density at radius 3 is 2.20 bits per heavy atom. The molecule has 4 rings (SSSR count). The molecule has 218 valence electrons. The van der Waals surface area contributed by atoms with Crippen LogP contribution in [0.25, 0.3) is 5.65 Å². The second-order valence-electron chi connectivity index (χ2n) is 9.34. The fraction of sp³-hybridized carbons (Fsp3) is 0.407. The van der Waals surface area contributed by atoms with E-state index in [1.807, 2.05) is 0 Å². The average molecular weight is 590 g/mol. The molecule has 0 bridgehead atoms. The van der Waals surface area contributed by atoms with Gasteiger partial charge in [-0.1, -0.05) is 23.7 Å². The summed E-state index contributed by atoms with van der Waals surface area (Å²) in [5, 5.41) is 4.66. The van der Waals surface area contributed by atoms with Crippen LogP contribution in [0.5, 0.6) is 0 Å². The third kappa shape index (κ3) is 6.92. The summed E-state index contributed by atoms with van der Waals surface area (Å²) in [6, 6.07) is 9.97. The molecule has 0 radical (unpaired) electrons. The highest BCUT2D eigenvalue weighted by Crippen LogP contribution is 2.38. The lowest BCUT2D eigenvalue weighted by molar-refractivity contribution is -0.254. The first-order chi connectivity index (χ1) is 19.4. The van der Waals surface area contributed by atoms with Crippen molar-refractivity contribution in [2.24, 2.45) is 0 Å². The number of hydrogen-bond donors (Lipinski definition) is 0. The molecule has 0 N–H and O–H groups in total. The van der Waals surface area contributed by atoms with E-state index in [0.29, 0.717) is 21.8 Å². The van der Waals surface area contributed by atoms with Crippen molar-refractivity contribution in [3.63, 3.8) is 0 Å². The van der Waals surface area contributed by atoms with Crippen molar-refractivity contribution in [2.75, 3.05) is 6.61 Å². The molecular formula is C27H28ClN3O10. The average Bonchev–Trinajstić information content (AvgIpc) is 3.21. The van der Waals surface area contributed by atoms with E-state index in [2.05, 4.69) is 5.10 Å². The van der Waals surface area contributed by atoms with Crippen LogP contribution in [0.2, 0.25) is 5.02 Å². The van der Waals surface area contributed by atoms with Gasteiger partial charge in [-0.3, -0.25) is 23.6 Å². The van der Waals surface area contributed by atoms with Crippen LogP contribution >= 0.6 is 11.6 Å². The van der Waals surface area contributed by atoms with Crippen molar-refractivity contribution < 1.29 is 42.9 Å². The lowest BCUT2D eigenvalue weighted by Gasteiger charge is -2.44. The van der Waals surface area contributed by atoms with Gasteiger partial charge in [-0.15, -0.1) is 5.10 Å². The van der Waals surface area contributed by atoms with Crippen LogP contribution in [-0.4, -0.2) is 69.1 Å². The van der Waals surface area contributed by atoms with E-state index in [0.717, 1.165) is 20.8 Å². The normalized spacial score (nSPS) is 22.1. The number of benzene rings is 1. The summed E-state index contributed by atoms with van der Waals surface area (Å²) >= 11 is 6.49. The Labute approximate surface area is 238 Å². The summed E-state index contributed by atoms with van der Waals surface area (Å²) in [6.07, 6.45) is -4.48. The predicted octanol–water partition coefficient (Wildman–Crippen LogP) is 2.00. The summed E-state index contributed by atoms with van der Waals surface area (Å²) in [6.45, 7) is 4.29. The first-order valence-corrected chi connectivity index (χ1v) is 13.0. The molecule has 1 aliphatic rings. The Hall–Kier alpha value is -4.23. The largest absolute Gasteiger partial charge is 0.463 e. The molecule has 5 atom stereocenters. The number of halogens is 1. The Balaban J connectivity index is 1.77. The maximum Gasteiger partial charge on any atom is 0.350 e. The number of pyridine rings is 1. The van der Waals surface area contributed by atoms with Gasteiger partial charge in [0.05, 0.1) is 6.54 Å². The molecule has 3 aromatic rings. The summed E-state index contributed by atoms with van der Waals surface area (Å²) in [5.74, 6) is -2.80. The number of hydrogen-bond acceptors (Lipinski definition) is 11. The summed E-state index contributed by atoms with van der Waals surface area (Å²) in [7, 11) is 0. The van der Waals surface area contributed by atoms with Crippen molar-refractivity contribution in [1.82, 2.24) is 14.2 Å². The van der Waals surface area contributed by atoms with E-state index < -0.39 is 54.4 Å². The molecule has 1 unspecified atom stereocenters. The van der Waals surface area contributed by atoms with Crippen molar-refractivity contribution >= 4 is 41.1 Å². The second kappa shape index (κ2) is 12.5. The lowest BCUT2D eigenvalue weighted by atomic mass is 9.90. The molecule has 3 heterocycles. The van der Waals surface area contributed by atoms with Gasteiger partial charge in [-0.25, -0.2) is 9.48 Å². The van der Waals surface area contributed by atoms with Gasteiger partial charge in [0.1, 0.15) is 18.8 Å². The third-order valence-electron chi connectivity index (χ3n) is 6.20. The summed E-state index contributed by atoms with van der Waals surface area (Å²) in [4.78, 5) is 60.7. The molecule has 2 aromatic heterocycles. The highest BCUT2D eigenvalue weighted by molar-refractivity contribution is 6.31. The van der Waals surface area contributed by atoms with Gasteiger partial charge in [-0.05, 0) is 35.4 Å². The lowest BCUT2D eigenvalue weighted by Crippen LogP contribution is -2.59. The van der Waals surface area contributed by atoms with E-state index in [1.165, 1.54) is 16.0 Å². The Bertz CT molecular complexity index is 1530. The molecule has 14 heteroatoms. The van der Waals surface area contributed by atoms with Gasteiger partial charge in [-0.2, -0.15) is 0 Å². The molecular weight excluding hydrogens is 562 g/mol. The van der Waals surface area contributed by atoms with E-state index in [1.54, 1.807) is 42.6 Å². The van der Waals surface area contributed by atoms with Gasteiger partial charge in [0, 0.05) is 38.9 Å². The van der Waals surface area contributed by atoms with Crippen LogP contribution in [0.15, 0.2) is 47.4 Å². The van der Waals surface area contributed by atoms with Crippen molar-refractivity contribution in [3.8, 4) is 0 Å². The number of nitrogens with zero attached hydrogens (tertiary/aromatic N) is 3. The number of carbonyl (C=O) groups is 4. The van der Waals surface area contributed by atoms with Crippen LogP contribution in [0.1, 0.15) is 44.9 Å². The van der Waals surface area contributed by atoms with E-state index in [-0.39, 0.29) is 18.8 Å². The van der Waals surface area contributed by atoms with Crippen molar-refractivity contribution in [3.05, 3.63) is 69.2 Å². The van der Waals surface area contributed by atoms with Crippen LogP contribution < -0.4 is 5.69 Å². The molecule has 41 heavy (non-hydrogen) atoms. The van der Waals surface area contributed by atoms with Gasteiger partial charge in [0.25, 0.3) is 0 Å². The third-order valence-corrected chi connectivity index (χ3v) is 6.57. The van der Waals surface area contributed by atoms with Gasteiger partial charge in [0.2, 0.25) is 0 Å². The Morgan fingerprint density at radius 2 is 1.56 bits per heavy atom. The van der Waals surface area contributed by atoms with Crippen molar-refractivity contribution in [1.29, 1.82) is 0 Å². The molecule has 1 fully saturated rings. The van der Waals surface area contributed by atoms with E-state index >= 15 is 0 Å². The maximum atomic E-state index is 12.9. The summed E-state index contributed by atoms with van der Waals surface area (Å²) < 4.78 is 30.5. The van der Waals surface area contributed by atoms with Crippen LogP contribution in [0, 0.1) is 0 Å². The van der Waals surface area contributed by atoms with Gasteiger partial charge >= 0.3 is 29.6 Å². The minimum Gasteiger partial charge on any atom is -0.463 e. The molecule has 0 spiro atoms. The Kier molecular flexibility index (Phi) is 9.08. The molecule has 1 aliphatic heterocycles. The highest BCUT2D eigenvalue weighted by atomic mass is 35.5. The molecule has 13 nitrogen and oxygen atoms in total. The molecule has 0 aliphatic carbocycles. The first kappa shape index (κ1) is 29.7. The number of aromatic nitrogens is 3. The number of rotatable bonds is 8. The van der Waals surface area contributed by atoms with Crippen molar-refractivity contribution in [2.45, 2.75) is 64.8 Å². The Morgan fingerprint density at radius 1 is 0.902 bits per heavy atom. The zero-order valence-electron chi connectivity index (χ0n) is 22.6. The fourth-order valence-electron chi connectivity index (χ4n) is 4.62. The number of carbonyl (C=O) groups excluding carboxylic acids is 4. The quantitative estimate of drug-likeness (QED) is 0.280. The standard InChI is InChI=1S/C27H28ClN3O10/c1-14(32)37-13-21-24(38-15(2)33)26(40-17(4)35)25(39-16(3)34)23(41-21)18-8-9-20(28)19(11-18)12-31-27(36)30-10-6-5-7-22(30)29-31/h5-11,21,23-26H,12-13H2,1-4H3/t21?,23-,24+,25+,26-/m0/s1. The maximum absolute atomic E-state index is 12.9. The van der Waals surface area contributed by atoms with Gasteiger partial charge < -0.3 is 23.7 Å². The monoisotopic (exact) mass is 589 g/mol. The molecule has 1 aromatic carbocycles. The zero-order valence-corrected chi connectivity index (χ0v) is 23.4. The first-order valence-electron chi connectivity index (χ1n) is 12.6. The number of ether oxygens (including phenoxy) is 5. The molecule has 0 amide bonds. The number of esters is 4. The SMILES string of the molecule is CC(=O)OCC1O[C@@H](c2ccc(Cl)c(Cn3nc4ccccn4c3=O)c2)[C@@H](OC(C)=O)[C@@H](OC(C)=O)[C@@H]1OC(C)=O. The van der Waals surface area contributed by atoms with Crippen LogP contribution in [0.4, 0.5) is 0 Å². The van der Waals surface area contributed by atoms with Crippen LogP contribution in [-0.2, 0) is 49.4 Å². The van der Waals surface area contributed by atoms with Gasteiger partial charge in [0.15, 0.2) is 24.0 Å². The number of fused-ring (bicyclic) bond motifs is 1.